The Morgan fingerprint density at radius 3 is 2.84 bits per heavy atom. The number of rotatable bonds is 5. The van der Waals surface area contributed by atoms with E-state index in [9.17, 15) is 4.79 Å². The first kappa shape index (κ1) is 19.8. The van der Waals surface area contributed by atoms with Crippen molar-refractivity contribution in [3.63, 3.8) is 0 Å². The van der Waals surface area contributed by atoms with Gasteiger partial charge in [0.25, 0.3) is 0 Å². The number of fused-ring (bicyclic) bond motifs is 1. The molecule has 2 fully saturated rings. The van der Waals surface area contributed by atoms with E-state index < -0.39 is 0 Å². The van der Waals surface area contributed by atoms with Crippen LogP contribution in [0.2, 0.25) is 0 Å². The summed E-state index contributed by atoms with van der Waals surface area (Å²) in [7, 11) is 0. The Hall–Kier alpha value is -3.14. The van der Waals surface area contributed by atoms with Crippen LogP contribution in [-0.4, -0.2) is 59.8 Å². The number of nitrogens with one attached hydrogen (secondary N) is 1. The molecule has 1 saturated carbocycles. The minimum atomic E-state index is -0.144. The van der Waals surface area contributed by atoms with E-state index in [1.165, 1.54) is 0 Å². The first-order valence-electron chi connectivity index (χ1n) is 10.8. The predicted molar refractivity (Wildman–Crippen MR) is 116 cm³/mol. The van der Waals surface area contributed by atoms with Gasteiger partial charge in [-0.1, -0.05) is 0 Å². The van der Waals surface area contributed by atoms with Gasteiger partial charge in [0.15, 0.2) is 11.6 Å². The molecule has 0 bridgehead atoms. The molecule has 2 aliphatic heterocycles. The van der Waals surface area contributed by atoms with E-state index >= 15 is 0 Å². The third kappa shape index (κ3) is 4.34. The molecule has 5 rings (SSSR count). The van der Waals surface area contributed by atoms with Crippen molar-refractivity contribution in [1.29, 1.82) is 0 Å². The summed E-state index contributed by atoms with van der Waals surface area (Å²) in [6, 6.07) is 4.28. The highest BCUT2D eigenvalue weighted by Gasteiger charge is 2.28. The summed E-state index contributed by atoms with van der Waals surface area (Å²) in [5.74, 6) is 1.58. The van der Waals surface area contributed by atoms with Crippen molar-refractivity contribution in [2.75, 3.05) is 53.7 Å². The van der Waals surface area contributed by atoms with Crippen LogP contribution in [0, 0.1) is 0 Å². The fourth-order valence-corrected chi connectivity index (χ4v) is 4.30. The van der Waals surface area contributed by atoms with Crippen molar-refractivity contribution < 1.29 is 14.3 Å². The van der Waals surface area contributed by atoms with E-state index in [0.29, 0.717) is 31.3 Å². The summed E-state index contributed by atoms with van der Waals surface area (Å²) >= 11 is 0. The maximum atomic E-state index is 12.3. The topological polar surface area (TPSA) is 119 Å². The van der Waals surface area contributed by atoms with Crippen molar-refractivity contribution in [2.45, 2.75) is 38.3 Å². The molecule has 3 N–H and O–H groups in total. The Kier molecular flexibility index (Phi) is 5.46. The first-order chi connectivity index (χ1) is 15.2. The maximum absolute atomic E-state index is 12.3. The van der Waals surface area contributed by atoms with Crippen LogP contribution in [0.25, 0.3) is 0 Å². The monoisotopic (exact) mass is 425 g/mol. The molecule has 10 nitrogen and oxygen atoms in total. The number of hydrogen-bond donors (Lipinski definition) is 2. The van der Waals surface area contributed by atoms with Crippen LogP contribution in [0.5, 0.6) is 6.01 Å². The zero-order valence-electron chi connectivity index (χ0n) is 17.4. The highest BCUT2D eigenvalue weighted by atomic mass is 16.5. The molecule has 10 heteroatoms. The molecule has 31 heavy (non-hydrogen) atoms. The van der Waals surface area contributed by atoms with Crippen LogP contribution < -0.4 is 25.6 Å². The molecular formula is C21H27N7O3. The van der Waals surface area contributed by atoms with Crippen LogP contribution >= 0.6 is 0 Å². The lowest BCUT2D eigenvalue weighted by molar-refractivity contribution is -0.115. The molecule has 0 spiro atoms. The molecule has 0 radical (unpaired) electrons. The second-order valence-electron chi connectivity index (χ2n) is 8.14. The van der Waals surface area contributed by atoms with E-state index in [0.717, 1.165) is 50.2 Å². The Balaban J connectivity index is 1.40. The quantitative estimate of drug-likeness (QED) is 0.736. The number of amides is 1. The number of anilines is 4. The zero-order chi connectivity index (χ0) is 21.2. The number of morpholine rings is 1. The van der Waals surface area contributed by atoms with Crippen LogP contribution in [0.4, 0.5) is 23.1 Å². The minimum absolute atomic E-state index is 0.125. The van der Waals surface area contributed by atoms with Crippen LogP contribution in [0.1, 0.15) is 31.2 Å². The van der Waals surface area contributed by atoms with Crippen molar-refractivity contribution in [3.05, 3.63) is 23.9 Å². The second kappa shape index (κ2) is 8.54. The number of nitrogen functional groups attached to an aromatic ring is 1. The van der Waals surface area contributed by atoms with Gasteiger partial charge in [-0.15, -0.1) is 0 Å². The van der Waals surface area contributed by atoms with Crippen molar-refractivity contribution in [2.24, 2.45) is 0 Å². The van der Waals surface area contributed by atoms with Gasteiger partial charge in [-0.25, -0.2) is 4.98 Å². The lowest BCUT2D eigenvalue weighted by atomic mass is 10.2. The maximum Gasteiger partial charge on any atom is 0.320 e. The van der Waals surface area contributed by atoms with Crippen LogP contribution in [0.3, 0.4) is 0 Å². The first-order valence-corrected chi connectivity index (χ1v) is 10.8. The summed E-state index contributed by atoms with van der Waals surface area (Å²) in [5, 5.41) is 2.81. The van der Waals surface area contributed by atoms with E-state index in [-0.39, 0.29) is 30.4 Å². The van der Waals surface area contributed by atoms with E-state index in [1.807, 2.05) is 11.0 Å². The standard InChI is InChI=1S/C21H27N7O3/c22-19-18-20(26-21(25-19)31-15-3-1-2-4-15)28(13-17(29)24-18)12-14-5-6-23-16(11-14)27-7-9-30-10-8-27/h5-6,11,15H,1-4,7-10,12-13H2,(H,24,29)(H2,22,25,26). The highest BCUT2D eigenvalue weighted by Crippen LogP contribution is 2.35. The number of nitrogens with zero attached hydrogens (tertiary/aromatic N) is 5. The minimum Gasteiger partial charge on any atom is -0.460 e. The van der Waals surface area contributed by atoms with E-state index in [1.54, 1.807) is 6.20 Å². The lowest BCUT2D eigenvalue weighted by Gasteiger charge is -2.31. The summed E-state index contributed by atoms with van der Waals surface area (Å²) in [4.78, 5) is 29.8. The Bertz CT molecular complexity index is 958. The fourth-order valence-electron chi connectivity index (χ4n) is 4.30. The van der Waals surface area contributed by atoms with Gasteiger partial charge in [-0.2, -0.15) is 9.97 Å². The highest BCUT2D eigenvalue weighted by molar-refractivity contribution is 6.03. The van der Waals surface area contributed by atoms with Crippen molar-refractivity contribution in [3.8, 4) is 6.01 Å². The van der Waals surface area contributed by atoms with Crippen LogP contribution in [-0.2, 0) is 16.1 Å². The van der Waals surface area contributed by atoms with Gasteiger partial charge in [-0.05, 0) is 43.4 Å². The van der Waals surface area contributed by atoms with Gasteiger partial charge in [0, 0.05) is 25.8 Å². The molecular weight excluding hydrogens is 398 g/mol. The van der Waals surface area contributed by atoms with Crippen molar-refractivity contribution in [1.82, 2.24) is 15.0 Å². The largest absolute Gasteiger partial charge is 0.460 e. The fraction of sp³-hybridized carbons (Fsp3) is 0.524. The normalized spacial score (nSPS) is 19.3. The average molecular weight is 425 g/mol. The molecule has 164 valence electrons. The molecule has 2 aromatic rings. The molecule has 1 saturated heterocycles. The van der Waals surface area contributed by atoms with Crippen molar-refractivity contribution >= 4 is 29.0 Å². The average Bonchev–Trinajstić information content (AvgIpc) is 3.28. The van der Waals surface area contributed by atoms with E-state index in [4.69, 9.17) is 15.2 Å². The Morgan fingerprint density at radius 2 is 2.03 bits per heavy atom. The SMILES string of the molecule is Nc1nc(OC2CCCC2)nc2c1NC(=O)CN2Cc1ccnc(N2CCOCC2)c1. The number of pyridine rings is 1. The van der Waals surface area contributed by atoms with Gasteiger partial charge in [0.1, 0.15) is 17.6 Å². The molecule has 0 unspecified atom stereocenters. The number of hydrogen-bond acceptors (Lipinski definition) is 9. The zero-order valence-corrected chi connectivity index (χ0v) is 17.4. The molecule has 1 aliphatic carbocycles. The molecule has 4 heterocycles. The van der Waals surface area contributed by atoms with Gasteiger partial charge in [0.2, 0.25) is 5.91 Å². The second-order valence-corrected chi connectivity index (χ2v) is 8.14. The smallest absolute Gasteiger partial charge is 0.320 e. The molecule has 3 aliphatic rings. The third-order valence-electron chi connectivity index (χ3n) is 5.89. The molecule has 0 atom stereocenters. The summed E-state index contributed by atoms with van der Waals surface area (Å²) in [6.45, 7) is 3.71. The lowest BCUT2D eigenvalue weighted by Crippen LogP contribution is -2.39. The summed E-state index contributed by atoms with van der Waals surface area (Å²) in [5.41, 5.74) is 7.63. The van der Waals surface area contributed by atoms with Gasteiger partial charge in [0.05, 0.1) is 19.8 Å². The van der Waals surface area contributed by atoms with E-state index in [2.05, 4.69) is 31.2 Å². The van der Waals surface area contributed by atoms with Crippen LogP contribution in [0.15, 0.2) is 18.3 Å². The molecule has 1 amide bonds. The molecule has 2 aromatic heterocycles. The molecule has 0 aromatic carbocycles. The van der Waals surface area contributed by atoms with Gasteiger partial charge >= 0.3 is 6.01 Å². The Labute approximate surface area is 180 Å². The number of nitrogens with two attached hydrogens (primary N) is 1. The Morgan fingerprint density at radius 1 is 1.23 bits per heavy atom. The summed E-state index contributed by atoms with van der Waals surface area (Å²) < 4.78 is 11.4. The number of ether oxygens (including phenoxy) is 2. The number of carbonyl (C=O) groups excluding carboxylic acids is 1. The van der Waals surface area contributed by atoms with Gasteiger partial charge < -0.3 is 30.3 Å². The predicted octanol–water partition coefficient (Wildman–Crippen LogP) is 1.57. The van der Waals surface area contributed by atoms with Gasteiger partial charge in [-0.3, -0.25) is 4.79 Å². The number of carbonyl (C=O) groups is 1. The third-order valence-corrected chi connectivity index (χ3v) is 5.89. The number of aromatic nitrogens is 3. The summed E-state index contributed by atoms with van der Waals surface area (Å²) in [6.07, 6.45) is 6.24.